The third-order valence-electron chi connectivity index (χ3n) is 2.28. The van der Waals surface area contributed by atoms with Gasteiger partial charge in [-0.3, -0.25) is 14.9 Å². The number of nitrogens with zero attached hydrogens (tertiary/aromatic N) is 1. The molecular weight excluding hydrogens is 232 g/mol. The van der Waals surface area contributed by atoms with Gasteiger partial charge in [-0.2, -0.15) is 0 Å². The van der Waals surface area contributed by atoms with Gasteiger partial charge in [0.05, 0.1) is 11.0 Å². The number of benzene rings is 2. The van der Waals surface area contributed by atoms with E-state index in [9.17, 15) is 14.9 Å². The molecule has 1 amide bonds. The number of amides is 1. The Hall–Kier alpha value is -2.69. The molecule has 0 aliphatic rings. The van der Waals surface area contributed by atoms with Gasteiger partial charge in [-0.05, 0) is 24.3 Å². The van der Waals surface area contributed by atoms with Gasteiger partial charge in [-0.1, -0.05) is 18.2 Å². The van der Waals surface area contributed by atoms with Crippen molar-refractivity contribution in [1.82, 2.24) is 0 Å². The summed E-state index contributed by atoms with van der Waals surface area (Å²) in [6, 6.07) is 15.4. The molecule has 18 heavy (non-hydrogen) atoms. The number of nitro groups is 1. The zero-order chi connectivity index (χ0) is 13.0. The number of non-ortho nitro benzene ring substituents is 1. The molecule has 0 unspecified atom stereocenters. The molecule has 0 aliphatic heterocycles. The zero-order valence-corrected chi connectivity index (χ0v) is 9.29. The van der Waals surface area contributed by atoms with Crippen LogP contribution in [0.2, 0.25) is 0 Å². The maximum Gasteiger partial charge on any atom is 0.278 e. The van der Waals surface area contributed by atoms with Gasteiger partial charge in [-0.15, -0.1) is 0 Å². The number of hydrogen-bond acceptors (Lipinski definition) is 3. The maximum atomic E-state index is 11.8. The van der Waals surface area contributed by atoms with Crippen molar-refractivity contribution in [2.75, 3.05) is 5.32 Å². The van der Waals surface area contributed by atoms with Crippen LogP contribution in [0.3, 0.4) is 0 Å². The van der Waals surface area contributed by atoms with Crippen LogP contribution in [0, 0.1) is 16.2 Å². The second kappa shape index (κ2) is 5.09. The molecule has 0 spiro atoms. The van der Waals surface area contributed by atoms with Crippen molar-refractivity contribution in [1.29, 1.82) is 0 Å². The van der Waals surface area contributed by atoms with E-state index >= 15 is 0 Å². The summed E-state index contributed by atoms with van der Waals surface area (Å²) in [4.78, 5) is 21.8. The van der Waals surface area contributed by atoms with Crippen LogP contribution in [0.25, 0.3) is 0 Å². The molecule has 0 fully saturated rings. The summed E-state index contributed by atoms with van der Waals surface area (Å²) in [5, 5.41) is 13.2. The topological polar surface area (TPSA) is 72.2 Å². The summed E-state index contributed by atoms with van der Waals surface area (Å²) in [5.74, 6) is -0.390. The number of nitro benzene ring substituents is 1. The molecule has 2 aromatic rings. The smallest absolute Gasteiger partial charge is 0.278 e. The largest absolute Gasteiger partial charge is 0.322 e. The molecule has 1 radical (unpaired) electrons. The minimum atomic E-state index is -0.584. The van der Waals surface area contributed by atoms with Crippen molar-refractivity contribution in [2.45, 2.75) is 0 Å². The minimum Gasteiger partial charge on any atom is -0.322 e. The fourth-order valence-corrected chi connectivity index (χ4v) is 1.43. The fourth-order valence-electron chi connectivity index (χ4n) is 1.43. The van der Waals surface area contributed by atoms with Gasteiger partial charge in [0.25, 0.3) is 11.6 Å². The number of anilines is 1. The normalized spacial score (nSPS) is 9.78. The minimum absolute atomic E-state index is 0.226. The van der Waals surface area contributed by atoms with Crippen LogP contribution in [-0.4, -0.2) is 10.8 Å². The molecule has 1 N–H and O–H groups in total. The first-order chi connectivity index (χ1) is 8.66. The average Bonchev–Trinajstić information content (AvgIpc) is 2.40. The number of nitrogens with one attached hydrogen (secondary N) is 1. The van der Waals surface area contributed by atoms with Crippen LogP contribution in [0.15, 0.2) is 48.5 Å². The van der Waals surface area contributed by atoms with Gasteiger partial charge in [0.15, 0.2) is 0 Å². The van der Waals surface area contributed by atoms with Crippen molar-refractivity contribution in [2.24, 2.45) is 0 Å². The molecule has 0 atom stereocenters. The average molecular weight is 241 g/mol. The second-order valence-electron chi connectivity index (χ2n) is 3.54. The molecule has 2 aromatic carbocycles. The van der Waals surface area contributed by atoms with E-state index in [0.717, 1.165) is 0 Å². The molecule has 2 rings (SSSR count). The van der Waals surface area contributed by atoms with Gasteiger partial charge in [0.1, 0.15) is 0 Å². The first-order valence-corrected chi connectivity index (χ1v) is 5.19. The highest BCUT2D eigenvalue weighted by Crippen LogP contribution is 2.14. The van der Waals surface area contributed by atoms with Crippen LogP contribution >= 0.6 is 0 Å². The Morgan fingerprint density at radius 3 is 2.61 bits per heavy atom. The van der Waals surface area contributed by atoms with Crippen molar-refractivity contribution < 1.29 is 9.72 Å². The summed E-state index contributed by atoms with van der Waals surface area (Å²) in [6.07, 6.45) is 0. The predicted octanol–water partition coefficient (Wildman–Crippen LogP) is 2.65. The van der Waals surface area contributed by atoms with E-state index in [-0.39, 0.29) is 11.3 Å². The Bertz CT molecular complexity index is 582. The van der Waals surface area contributed by atoms with Crippen molar-refractivity contribution in [3.8, 4) is 0 Å². The first-order valence-electron chi connectivity index (χ1n) is 5.19. The Morgan fingerprint density at radius 1 is 1.22 bits per heavy atom. The Morgan fingerprint density at radius 2 is 1.94 bits per heavy atom. The lowest BCUT2D eigenvalue weighted by Crippen LogP contribution is -2.11. The van der Waals surface area contributed by atoms with Crippen LogP contribution in [0.5, 0.6) is 0 Å². The van der Waals surface area contributed by atoms with Gasteiger partial charge >= 0.3 is 0 Å². The molecule has 0 saturated heterocycles. The fraction of sp³-hybridized carbons (Fsp3) is 0. The molecule has 89 valence electrons. The number of para-hydroxylation sites is 1. The van der Waals surface area contributed by atoms with Gasteiger partial charge < -0.3 is 5.32 Å². The first kappa shape index (κ1) is 11.8. The number of carbonyl (C=O) groups excluding carboxylic acids is 1. The lowest BCUT2D eigenvalue weighted by Gasteiger charge is -2.04. The van der Waals surface area contributed by atoms with Crippen molar-refractivity contribution in [3.63, 3.8) is 0 Å². The highest BCUT2D eigenvalue weighted by atomic mass is 16.6. The number of carbonyl (C=O) groups is 1. The molecule has 0 heterocycles. The van der Waals surface area contributed by atoms with Crippen LogP contribution in [0.1, 0.15) is 10.4 Å². The van der Waals surface area contributed by atoms with Crippen LogP contribution in [0.4, 0.5) is 11.4 Å². The summed E-state index contributed by atoms with van der Waals surface area (Å²) in [5.41, 5.74) is 0.637. The van der Waals surface area contributed by atoms with E-state index in [4.69, 9.17) is 0 Å². The molecule has 0 aliphatic carbocycles. The standard InChI is InChI=1S/C13H9N2O3/c16-13(14-11-6-2-1-3-7-11)10-5-4-8-12(9-10)15(17)18/h1-7,9H,(H,14,16). The summed E-state index contributed by atoms with van der Waals surface area (Å²) < 4.78 is 0. The molecule has 0 aromatic heterocycles. The third-order valence-corrected chi connectivity index (χ3v) is 2.28. The van der Waals surface area contributed by atoms with Crippen LogP contribution < -0.4 is 5.32 Å². The van der Waals surface area contributed by atoms with Gasteiger partial charge in [-0.25, -0.2) is 0 Å². The zero-order valence-electron chi connectivity index (χ0n) is 9.29. The molecule has 5 nitrogen and oxygen atoms in total. The van der Waals surface area contributed by atoms with E-state index in [1.54, 1.807) is 24.3 Å². The molecule has 5 heteroatoms. The lowest BCUT2D eigenvalue weighted by molar-refractivity contribution is -0.385. The van der Waals surface area contributed by atoms with E-state index in [1.165, 1.54) is 18.2 Å². The van der Waals surface area contributed by atoms with Crippen LogP contribution in [-0.2, 0) is 0 Å². The highest BCUT2D eigenvalue weighted by Gasteiger charge is 2.11. The third kappa shape index (κ3) is 2.70. The maximum absolute atomic E-state index is 11.8. The van der Waals surface area contributed by atoms with E-state index in [0.29, 0.717) is 5.69 Å². The summed E-state index contributed by atoms with van der Waals surface area (Å²) in [6.45, 7) is 0. The Balaban J connectivity index is 2.19. The number of rotatable bonds is 3. The van der Waals surface area contributed by atoms with Crippen molar-refractivity contribution in [3.05, 3.63) is 70.3 Å². The second-order valence-corrected chi connectivity index (χ2v) is 3.54. The monoisotopic (exact) mass is 241 g/mol. The number of hydrogen-bond donors (Lipinski definition) is 1. The van der Waals surface area contributed by atoms with Gasteiger partial charge in [0.2, 0.25) is 0 Å². The highest BCUT2D eigenvalue weighted by molar-refractivity contribution is 6.04. The lowest BCUT2D eigenvalue weighted by atomic mass is 10.2. The quantitative estimate of drug-likeness (QED) is 0.663. The van der Waals surface area contributed by atoms with Gasteiger partial charge in [0, 0.05) is 17.3 Å². The predicted molar refractivity (Wildman–Crippen MR) is 66.3 cm³/mol. The summed E-state index contributed by atoms with van der Waals surface area (Å²) >= 11 is 0. The SMILES string of the molecule is O=C(Nc1ccccc1)c1cc[c]c([N+](=O)[O-])c1. The van der Waals surface area contributed by atoms with Crippen molar-refractivity contribution >= 4 is 17.3 Å². The van der Waals surface area contributed by atoms with E-state index in [1.807, 2.05) is 6.07 Å². The van der Waals surface area contributed by atoms with E-state index in [2.05, 4.69) is 11.4 Å². The molecular formula is C13H9N2O3. The Labute approximate surface area is 103 Å². The Kier molecular flexibility index (Phi) is 3.33. The molecule has 0 saturated carbocycles. The van der Waals surface area contributed by atoms with E-state index < -0.39 is 10.8 Å². The molecule has 0 bridgehead atoms. The summed E-state index contributed by atoms with van der Waals surface area (Å²) in [7, 11) is 0.